The smallest absolute Gasteiger partial charge is 0.339 e. The van der Waals surface area contributed by atoms with Gasteiger partial charge in [-0.1, -0.05) is 60.7 Å². The van der Waals surface area contributed by atoms with E-state index in [1.165, 1.54) is 5.56 Å². The first-order valence-electron chi connectivity index (χ1n) is 10.9. The number of benzene rings is 3. The number of hydrogen-bond acceptors (Lipinski definition) is 3. The summed E-state index contributed by atoms with van der Waals surface area (Å²) in [6.07, 6.45) is 0. The summed E-state index contributed by atoms with van der Waals surface area (Å²) in [5.41, 5.74) is 7.80. The lowest BCUT2D eigenvalue weighted by Crippen LogP contribution is -2.34. The molecule has 3 aromatic rings. The van der Waals surface area contributed by atoms with Crippen molar-refractivity contribution in [1.82, 2.24) is 4.90 Å². The van der Waals surface area contributed by atoms with Gasteiger partial charge in [0.2, 0.25) is 0 Å². The fraction of sp³-hybridized carbons (Fsp3) is 0.286. The van der Waals surface area contributed by atoms with Gasteiger partial charge in [0.25, 0.3) is 5.91 Å². The molecule has 0 unspecified atom stereocenters. The highest BCUT2D eigenvalue weighted by atomic mass is 16.5. The third kappa shape index (κ3) is 5.25. The molecule has 0 radical (unpaired) electrons. The molecule has 0 saturated carbocycles. The third-order valence-corrected chi connectivity index (χ3v) is 6.32. The van der Waals surface area contributed by atoms with Crippen LogP contribution in [0.25, 0.3) is 0 Å². The summed E-state index contributed by atoms with van der Waals surface area (Å²) >= 11 is 0. The maximum Gasteiger partial charge on any atom is 0.339 e. The van der Waals surface area contributed by atoms with E-state index in [0.717, 1.165) is 33.4 Å². The largest absolute Gasteiger partial charge is 0.452 e. The fourth-order valence-electron chi connectivity index (χ4n) is 3.94. The Hall–Kier alpha value is -3.40. The van der Waals surface area contributed by atoms with Gasteiger partial charge in [0.05, 0.1) is 5.56 Å². The number of hydrogen-bond donors (Lipinski definition) is 0. The molecule has 0 atom stereocenters. The highest BCUT2D eigenvalue weighted by molar-refractivity contribution is 5.95. The summed E-state index contributed by atoms with van der Waals surface area (Å²) in [6, 6.07) is 19.7. The van der Waals surface area contributed by atoms with Crippen LogP contribution in [0.2, 0.25) is 0 Å². The van der Waals surface area contributed by atoms with Gasteiger partial charge in [0, 0.05) is 13.1 Å². The van der Waals surface area contributed by atoms with Crippen molar-refractivity contribution in [3.05, 3.63) is 105 Å². The van der Waals surface area contributed by atoms with Crippen molar-refractivity contribution in [2.75, 3.05) is 6.61 Å². The SMILES string of the molecule is Cc1c(C)c(C)c(C(=O)OCC(=O)N(Cc2ccccc2)Cc2ccccc2)c(C)c1C. The molecule has 0 fully saturated rings. The van der Waals surface area contributed by atoms with E-state index in [2.05, 4.69) is 6.92 Å². The molecule has 1 amide bonds. The van der Waals surface area contributed by atoms with E-state index in [4.69, 9.17) is 4.74 Å². The van der Waals surface area contributed by atoms with Gasteiger partial charge < -0.3 is 9.64 Å². The van der Waals surface area contributed by atoms with Gasteiger partial charge in [-0.3, -0.25) is 4.79 Å². The van der Waals surface area contributed by atoms with Gasteiger partial charge in [-0.15, -0.1) is 0 Å². The minimum absolute atomic E-state index is 0.220. The van der Waals surface area contributed by atoms with Crippen molar-refractivity contribution in [2.24, 2.45) is 0 Å². The third-order valence-electron chi connectivity index (χ3n) is 6.32. The lowest BCUT2D eigenvalue weighted by Gasteiger charge is -2.23. The van der Waals surface area contributed by atoms with Gasteiger partial charge >= 0.3 is 5.97 Å². The van der Waals surface area contributed by atoms with Crippen molar-refractivity contribution < 1.29 is 14.3 Å². The zero-order valence-electron chi connectivity index (χ0n) is 19.6. The molecule has 0 aromatic heterocycles. The van der Waals surface area contributed by atoms with Crippen molar-refractivity contribution in [2.45, 2.75) is 47.7 Å². The highest BCUT2D eigenvalue weighted by Gasteiger charge is 2.22. The molecule has 0 spiro atoms. The molecule has 4 nitrogen and oxygen atoms in total. The van der Waals surface area contributed by atoms with Crippen molar-refractivity contribution >= 4 is 11.9 Å². The topological polar surface area (TPSA) is 46.6 Å². The Morgan fingerprint density at radius 3 is 1.50 bits per heavy atom. The summed E-state index contributed by atoms with van der Waals surface area (Å²) in [4.78, 5) is 27.8. The summed E-state index contributed by atoms with van der Waals surface area (Å²) in [5.74, 6) is -0.666. The fourth-order valence-corrected chi connectivity index (χ4v) is 3.94. The second-order valence-corrected chi connectivity index (χ2v) is 8.30. The number of ether oxygens (including phenoxy) is 1. The maximum atomic E-state index is 13.1. The second kappa shape index (κ2) is 10.3. The Bertz CT molecular complexity index is 1030. The Morgan fingerprint density at radius 1 is 0.656 bits per heavy atom. The molecule has 32 heavy (non-hydrogen) atoms. The first-order valence-corrected chi connectivity index (χ1v) is 10.9. The Kier molecular flexibility index (Phi) is 7.47. The summed E-state index contributed by atoms with van der Waals surface area (Å²) < 4.78 is 5.53. The van der Waals surface area contributed by atoms with E-state index in [-0.39, 0.29) is 12.5 Å². The molecule has 166 valence electrons. The van der Waals surface area contributed by atoms with E-state index < -0.39 is 5.97 Å². The lowest BCUT2D eigenvalue weighted by molar-refractivity contribution is -0.135. The number of amides is 1. The monoisotopic (exact) mass is 429 g/mol. The van der Waals surface area contributed by atoms with Gasteiger partial charge in [-0.2, -0.15) is 0 Å². The average molecular weight is 430 g/mol. The van der Waals surface area contributed by atoms with E-state index in [1.807, 2.05) is 88.4 Å². The van der Waals surface area contributed by atoms with Crippen LogP contribution in [0, 0.1) is 34.6 Å². The number of nitrogens with zero attached hydrogens (tertiary/aromatic N) is 1. The number of carbonyl (C=O) groups is 2. The molecule has 0 heterocycles. The zero-order valence-corrected chi connectivity index (χ0v) is 19.6. The van der Waals surface area contributed by atoms with Crippen molar-refractivity contribution in [3.8, 4) is 0 Å². The Balaban J connectivity index is 1.77. The second-order valence-electron chi connectivity index (χ2n) is 8.30. The number of carbonyl (C=O) groups excluding carboxylic acids is 2. The minimum Gasteiger partial charge on any atom is -0.452 e. The van der Waals surface area contributed by atoms with E-state index in [9.17, 15) is 9.59 Å². The predicted octanol–water partition coefficient (Wildman–Crippen LogP) is 5.61. The molecule has 0 aliphatic rings. The van der Waals surface area contributed by atoms with E-state index >= 15 is 0 Å². The van der Waals surface area contributed by atoms with Gasteiger partial charge in [0.15, 0.2) is 6.61 Å². The molecule has 0 aliphatic carbocycles. The maximum absolute atomic E-state index is 13.1. The molecule has 4 heteroatoms. The van der Waals surface area contributed by atoms with Crippen LogP contribution in [0.5, 0.6) is 0 Å². The van der Waals surface area contributed by atoms with Crippen LogP contribution in [0.4, 0.5) is 0 Å². The van der Waals surface area contributed by atoms with Gasteiger partial charge in [-0.05, 0) is 73.6 Å². The van der Waals surface area contributed by atoms with Crippen molar-refractivity contribution in [3.63, 3.8) is 0 Å². The Morgan fingerprint density at radius 2 is 1.06 bits per heavy atom. The van der Waals surface area contributed by atoms with Crippen LogP contribution in [-0.4, -0.2) is 23.4 Å². The molecule has 3 aromatic carbocycles. The lowest BCUT2D eigenvalue weighted by atomic mass is 9.90. The average Bonchev–Trinajstić information content (AvgIpc) is 2.81. The highest BCUT2D eigenvalue weighted by Crippen LogP contribution is 2.26. The number of esters is 1. The van der Waals surface area contributed by atoms with Crippen LogP contribution >= 0.6 is 0 Å². The molecular weight excluding hydrogens is 398 g/mol. The molecule has 0 aliphatic heterocycles. The van der Waals surface area contributed by atoms with Crippen LogP contribution in [0.15, 0.2) is 60.7 Å². The van der Waals surface area contributed by atoms with E-state index in [1.54, 1.807) is 4.90 Å². The van der Waals surface area contributed by atoms with Gasteiger partial charge in [-0.25, -0.2) is 4.79 Å². The Labute approximate surface area is 190 Å². The first kappa shape index (κ1) is 23.3. The molecule has 0 bridgehead atoms. The normalized spacial score (nSPS) is 10.7. The molecule has 3 rings (SSSR count). The zero-order chi connectivity index (χ0) is 23.3. The van der Waals surface area contributed by atoms with Crippen LogP contribution in [-0.2, 0) is 22.6 Å². The summed E-state index contributed by atoms with van der Waals surface area (Å²) in [5, 5.41) is 0. The summed E-state index contributed by atoms with van der Waals surface area (Å²) in [7, 11) is 0. The molecular formula is C28H31NO3. The molecule has 0 N–H and O–H groups in total. The van der Waals surface area contributed by atoms with Crippen molar-refractivity contribution in [1.29, 1.82) is 0 Å². The van der Waals surface area contributed by atoms with Crippen LogP contribution < -0.4 is 0 Å². The predicted molar refractivity (Wildman–Crippen MR) is 128 cm³/mol. The number of rotatable bonds is 7. The quantitative estimate of drug-likeness (QED) is 0.458. The van der Waals surface area contributed by atoms with Crippen LogP contribution in [0.1, 0.15) is 49.3 Å². The molecule has 0 saturated heterocycles. The first-order chi connectivity index (χ1) is 15.3. The summed E-state index contributed by atoms with van der Waals surface area (Å²) in [6.45, 7) is 10.6. The van der Waals surface area contributed by atoms with Crippen LogP contribution in [0.3, 0.4) is 0 Å². The van der Waals surface area contributed by atoms with E-state index in [0.29, 0.717) is 18.7 Å². The standard InChI is InChI=1S/C28H31NO3/c1-19-20(2)22(4)27(23(5)21(19)3)28(31)32-18-26(30)29(16-24-12-8-6-9-13-24)17-25-14-10-7-11-15-25/h6-15H,16-18H2,1-5H3. The van der Waals surface area contributed by atoms with Gasteiger partial charge in [0.1, 0.15) is 0 Å². The minimum atomic E-state index is -0.445.